The molecule has 0 unspecified atom stereocenters. The number of rotatable bonds is 2. The van der Waals surface area contributed by atoms with Gasteiger partial charge in [0.15, 0.2) is 0 Å². The van der Waals surface area contributed by atoms with Crippen LogP contribution in [0.5, 0.6) is 0 Å². The van der Waals surface area contributed by atoms with Crippen molar-refractivity contribution in [3.8, 4) is 0 Å². The summed E-state index contributed by atoms with van der Waals surface area (Å²) in [6.07, 6.45) is 0. The molecule has 2 aromatic rings. The number of nitrogens with one attached hydrogen (secondary N) is 1. The molecule has 0 saturated carbocycles. The van der Waals surface area contributed by atoms with Crippen molar-refractivity contribution >= 4 is 17.7 Å². The number of halogens is 2. The Labute approximate surface area is 82.9 Å². The number of nitrogens with two attached hydrogens (primary N) is 1. The Morgan fingerprint density at radius 3 is 2.33 bits per heavy atom. The number of aromatic nitrogens is 2. The zero-order chi connectivity index (χ0) is 10.8. The minimum absolute atomic E-state index is 0.0301. The normalized spacial score (nSPS) is 10.3. The predicted molar refractivity (Wildman–Crippen MR) is 48.4 cm³/mol. The summed E-state index contributed by atoms with van der Waals surface area (Å²) in [6, 6.07) is 2.77. The van der Waals surface area contributed by atoms with Gasteiger partial charge in [0.1, 0.15) is 11.6 Å². The van der Waals surface area contributed by atoms with Gasteiger partial charge in [0.25, 0.3) is 0 Å². The molecular weight excluding hydrogens is 206 g/mol. The molecule has 0 bridgehead atoms. The molecule has 7 heteroatoms. The fraction of sp³-hybridized carbons (Fsp3) is 0. The maximum atomic E-state index is 12.8. The number of nitrogens with zero attached hydrogens (tertiary/aromatic N) is 2. The first kappa shape index (κ1) is 9.38. The Bertz CT molecular complexity index is 465. The molecule has 0 aliphatic rings. The summed E-state index contributed by atoms with van der Waals surface area (Å²) < 4.78 is 30.3. The number of anilines is 3. The fourth-order valence-electron chi connectivity index (χ4n) is 1.03. The average molecular weight is 212 g/mol. The summed E-state index contributed by atoms with van der Waals surface area (Å²) in [5.41, 5.74) is 5.33. The molecule has 15 heavy (non-hydrogen) atoms. The van der Waals surface area contributed by atoms with Gasteiger partial charge in [-0.25, -0.2) is 8.78 Å². The number of nitrogen functional groups attached to an aromatic ring is 1. The molecule has 5 nitrogen and oxygen atoms in total. The second-order valence-corrected chi connectivity index (χ2v) is 2.73. The van der Waals surface area contributed by atoms with Gasteiger partial charge in [-0.2, -0.15) is 0 Å². The van der Waals surface area contributed by atoms with Crippen LogP contribution in [0, 0.1) is 11.6 Å². The van der Waals surface area contributed by atoms with Gasteiger partial charge in [0.05, 0.1) is 0 Å². The van der Waals surface area contributed by atoms with Crippen molar-refractivity contribution in [3.63, 3.8) is 0 Å². The second-order valence-electron chi connectivity index (χ2n) is 2.73. The molecular formula is C8H6F2N4O. The standard InChI is InChI=1S/C8H6F2N4O/c9-4-1-5(10)3-6(2-4)12-8-14-13-7(11)15-8/h1-3H,(H2,11,13)(H,12,14). The lowest BCUT2D eigenvalue weighted by Gasteiger charge is -2.00. The number of hydrogen-bond donors (Lipinski definition) is 2. The zero-order valence-electron chi connectivity index (χ0n) is 7.37. The van der Waals surface area contributed by atoms with Crippen LogP contribution in [0.4, 0.5) is 26.5 Å². The minimum Gasteiger partial charge on any atom is -0.389 e. The van der Waals surface area contributed by atoms with Crippen LogP contribution in [0.15, 0.2) is 22.6 Å². The van der Waals surface area contributed by atoms with E-state index in [0.717, 1.165) is 18.2 Å². The summed E-state index contributed by atoms with van der Waals surface area (Å²) in [5.74, 6) is -1.41. The Hall–Kier alpha value is -2.18. The summed E-state index contributed by atoms with van der Waals surface area (Å²) in [7, 11) is 0. The Morgan fingerprint density at radius 1 is 1.13 bits per heavy atom. The van der Waals surface area contributed by atoms with Crippen molar-refractivity contribution in [1.82, 2.24) is 10.2 Å². The maximum Gasteiger partial charge on any atom is 0.321 e. The molecule has 0 radical (unpaired) electrons. The summed E-state index contributed by atoms with van der Waals surface area (Å²) >= 11 is 0. The molecule has 0 fully saturated rings. The van der Waals surface area contributed by atoms with Gasteiger partial charge in [-0.1, -0.05) is 10.2 Å². The Kier molecular flexibility index (Phi) is 2.20. The lowest BCUT2D eigenvalue weighted by Crippen LogP contribution is -1.92. The fourth-order valence-corrected chi connectivity index (χ4v) is 1.03. The molecule has 2 rings (SSSR count). The van der Waals surface area contributed by atoms with Crippen LogP contribution >= 0.6 is 0 Å². The first-order valence-corrected chi connectivity index (χ1v) is 3.95. The van der Waals surface area contributed by atoms with Crippen LogP contribution in [-0.4, -0.2) is 10.2 Å². The lowest BCUT2D eigenvalue weighted by molar-refractivity contribution is 0.581. The molecule has 0 amide bonds. The number of benzene rings is 1. The van der Waals surface area contributed by atoms with Gasteiger partial charge in [-0.05, 0) is 12.1 Å². The summed E-state index contributed by atoms with van der Waals surface area (Å²) in [4.78, 5) is 0. The number of hydrogen-bond acceptors (Lipinski definition) is 5. The van der Waals surface area contributed by atoms with Crippen LogP contribution in [0.1, 0.15) is 0 Å². The van der Waals surface area contributed by atoms with Gasteiger partial charge in [-0.15, -0.1) is 0 Å². The Balaban J connectivity index is 2.24. The van der Waals surface area contributed by atoms with E-state index in [9.17, 15) is 8.78 Å². The van der Waals surface area contributed by atoms with Crippen LogP contribution < -0.4 is 11.1 Å². The van der Waals surface area contributed by atoms with Crippen LogP contribution in [0.2, 0.25) is 0 Å². The molecule has 3 N–H and O–H groups in total. The third-order valence-corrected chi connectivity index (χ3v) is 1.55. The topological polar surface area (TPSA) is 77.0 Å². The van der Waals surface area contributed by atoms with Gasteiger partial charge in [-0.3, -0.25) is 0 Å². The monoisotopic (exact) mass is 212 g/mol. The van der Waals surface area contributed by atoms with Crippen molar-refractivity contribution in [1.29, 1.82) is 0 Å². The highest BCUT2D eigenvalue weighted by Gasteiger charge is 2.05. The first-order chi connectivity index (χ1) is 7.13. The van der Waals surface area contributed by atoms with Crippen molar-refractivity contribution in [3.05, 3.63) is 29.8 Å². The van der Waals surface area contributed by atoms with E-state index < -0.39 is 11.6 Å². The van der Waals surface area contributed by atoms with E-state index in [1.807, 2.05) is 0 Å². The van der Waals surface area contributed by atoms with Gasteiger partial charge in [0.2, 0.25) is 0 Å². The third-order valence-electron chi connectivity index (χ3n) is 1.55. The quantitative estimate of drug-likeness (QED) is 0.791. The highest BCUT2D eigenvalue weighted by atomic mass is 19.1. The molecule has 0 aliphatic heterocycles. The van der Waals surface area contributed by atoms with E-state index in [-0.39, 0.29) is 17.7 Å². The lowest BCUT2D eigenvalue weighted by atomic mass is 10.3. The molecule has 0 saturated heterocycles. The van der Waals surface area contributed by atoms with E-state index in [0.29, 0.717) is 0 Å². The predicted octanol–water partition coefficient (Wildman–Crippen LogP) is 1.67. The van der Waals surface area contributed by atoms with E-state index in [1.165, 1.54) is 0 Å². The van der Waals surface area contributed by atoms with Crippen LogP contribution in [-0.2, 0) is 0 Å². The van der Waals surface area contributed by atoms with Crippen molar-refractivity contribution in [2.45, 2.75) is 0 Å². The van der Waals surface area contributed by atoms with Crippen molar-refractivity contribution in [2.24, 2.45) is 0 Å². The smallest absolute Gasteiger partial charge is 0.321 e. The summed E-state index contributed by atoms with van der Waals surface area (Å²) in [5, 5.41) is 9.35. The van der Waals surface area contributed by atoms with E-state index in [2.05, 4.69) is 15.5 Å². The average Bonchev–Trinajstić information content (AvgIpc) is 2.49. The molecule has 0 spiro atoms. The molecule has 1 aromatic heterocycles. The molecule has 0 atom stereocenters. The molecule has 1 aromatic carbocycles. The SMILES string of the molecule is Nc1nnc(Nc2cc(F)cc(F)c2)o1. The minimum atomic E-state index is -0.704. The van der Waals surface area contributed by atoms with Crippen LogP contribution in [0.3, 0.4) is 0 Å². The Morgan fingerprint density at radius 2 is 1.80 bits per heavy atom. The third kappa shape index (κ3) is 2.19. The maximum absolute atomic E-state index is 12.8. The highest BCUT2D eigenvalue weighted by molar-refractivity contribution is 5.52. The largest absolute Gasteiger partial charge is 0.389 e. The van der Waals surface area contributed by atoms with Gasteiger partial charge in [0, 0.05) is 11.8 Å². The zero-order valence-corrected chi connectivity index (χ0v) is 7.37. The second kappa shape index (κ2) is 3.52. The van der Waals surface area contributed by atoms with Crippen molar-refractivity contribution in [2.75, 3.05) is 11.1 Å². The first-order valence-electron chi connectivity index (χ1n) is 3.95. The van der Waals surface area contributed by atoms with E-state index >= 15 is 0 Å². The van der Waals surface area contributed by atoms with E-state index in [4.69, 9.17) is 10.2 Å². The molecule has 0 aliphatic carbocycles. The van der Waals surface area contributed by atoms with E-state index in [1.54, 1.807) is 0 Å². The van der Waals surface area contributed by atoms with Gasteiger partial charge < -0.3 is 15.5 Å². The van der Waals surface area contributed by atoms with Crippen LogP contribution in [0.25, 0.3) is 0 Å². The van der Waals surface area contributed by atoms with Gasteiger partial charge >= 0.3 is 12.0 Å². The highest BCUT2D eigenvalue weighted by Crippen LogP contribution is 2.18. The molecule has 1 heterocycles. The molecule has 78 valence electrons. The summed E-state index contributed by atoms with van der Waals surface area (Å²) in [6.45, 7) is 0. The van der Waals surface area contributed by atoms with Crippen molar-refractivity contribution < 1.29 is 13.2 Å².